The summed E-state index contributed by atoms with van der Waals surface area (Å²) in [5.41, 5.74) is 1.98. The normalized spacial score (nSPS) is 18.8. The van der Waals surface area contributed by atoms with Crippen molar-refractivity contribution in [2.45, 2.75) is 25.4 Å². The number of morpholine rings is 1. The summed E-state index contributed by atoms with van der Waals surface area (Å²) >= 11 is 0. The van der Waals surface area contributed by atoms with Crippen molar-refractivity contribution >= 4 is 11.7 Å². The van der Waals surface area contributed by atoms with Crippen LogP contribution in [0.2, 0.25) is 0 Å². The third-order valence-electron chi connectivity index (χ3n) is 5.39. The highest BCUT2D eigenvalue weighted by molar-refractivity contribution is 5.83. The molecule has 2 aromatic rings. The number of rotatable bonds is 6. The first-order valence-corrected chi connectivity index (χ1v) is 10.0. The topological polar surface area (TPSA) is 70.6 Å². The number of hydrogen-bond acceptors (Lipinski definition) is 6. The summed E-state index contributed by atoms with van der Waals surface area (Å²) in [6, 6.07) is 7.54. The standard InChI is InChI=1S/C21H27N5O2/c27-21(19(25-9-1-2-10-25)17-5-3-7-22-15-17)24-16-18-6-4-8-23-20(18)26-11-13-28-14-12-26/h3-8,15,19H,1-2,9-14,16H2,(H,24,27)/t19-/m0/s1. The molecular weight excluding hydrogens is 354 g/mol. The fraction of sp³-hybridized carbons (Fsp3) is 0.476. The van der Waals surface area contributed by atoms with Gasteiger partial charge in [0.25, 0.3) is 0 Å². The minimum atomic E-state index is -0.292. The Labute approximate surface area is 165 Å². The van der Waals surface area contributed by atoms with Crippen LogP contribution in [0.4, 0.5) is 5.82 Å². The predicted octanol–water partition coefficient (Wildman–Crippen LogP) is 1.77. The minimum absolute atomic E-state index is 0.0201. The molecule has 0 saturated carbocycles. The molecule has 2 aliphatic rings. The van der Waals surface area contributed by atoms with Crippen LogP contribution in [0.25, 0.3) is 0 Å². The number of carbonyl (C=O) groups excluding carboxylic acids is 1. The van der Waals surface area contributed by atoms with Gasteiger partial charge in [-0.1, -0.05) is 12.1 Å². The van der Waals surface area contributed by atoms with Gasteiger partial charge in [0, 0.05) is 43.8 Å². The van der Waals surface area contributed by atoms with Gasteiger partial charge in [0.1, 0.15) is 11.9 Å². The summed E-state index contributed by atoms with van der Waals surface area (Å²) in [7, 11) is 0. The van der Waals surface area contributed by atoms with Gasteiger partial charge in [0.2, 0.25) is 5.91 Å². The SMILES string of the molecule is O=C(NCc1cccnc1N1CCOCC1)[C@H](c1cccnc1)N1CCCC1. The van der Waals surface area contributed by atoms with Gasteiger partial charge in [0.15, 0.2) is 0 Å². The second-order valence-electron chi connectivity index (χ2n) is 7.24. The smallest absolute Gasteiger partial charge is 0.242 e. The van der Waals surface area contributed by atoms with Crippen molar-refractivity contribution in [3.8, 4) is 0 Å². The zero-order valence-corrected chi connectivity index (χ0v) is 16.1. The molecule has 2 fully saturated rings. The van der Waals surface area contributed by atoms with Crippen molar-refractivity contribution in [1.82, 2.24) is 20.2 Å². The fourth-order valence-electron chi connectivity index (χ4n) is 3.97. The monoisotopic (exact) mass is 381 g/mol. The number of nitrogens with one attached hydrogen (secondary N) is 1. The molecule has 2 aromatic heterocycles. The lowest BCUT2D eigenvalue weighted by atomic mass is 10.1. The Morgan fingerprint density at radius 1 is 1.11 bits per heavy atom. The molecular formula is C21H27N5O2. The largest absolute Gasteiger partial charge is 0.378 e. The maximum absolute atomic E-state index is 13.2. The van der Waals surface area contributed by atoms with Crippen molar-refractivity contribution in [3.63, 3.8) is 0 Å². The number of ether oxygens (including phenoxy) is 1. The van der Waals surface area contributed by atoms with E-state index in [0.717, 1.165) is 56.0 Å². The van der Waals surface area contributed by atoms with Gasteiger partial charge in [-0.3, -0.25) is 14.7 Å². The average molecular weight is 381 g/mol. The summed E-state index contributed by atoms with van der Waals surface area (Å²) < 4.78 is 5.45. The van der Waals surface area contributed by atoms with Gasteiger partial charge >= 0.3 is 0 Å². The van der Waals surface area contributed by atoms with Gasteiger partial charge in [-0.15, -0.1) is 0 Å². The number of carbonyl (C=O) groups is 1. The Kier molecular flexibility index (Phi) is 6.14. The molecule has 0 bridgehead atoms. The lowest BCUT2D eigenvalue weighted by Gasteiger charge is -2.30. The summed E-state index contributed by atoms with van der Waals surface area (Å²) in [6.45, 7) is 5.41. The van der Waals surface area contributed by atoms with Gasteiger partial charge in [-0.2, -0.15) is 0 Å². The second-order valence-corrected chi connectivity index (χ2v) is 7.24. The van der Waals surface area contributed by atoms with E-state index in [1.54, 1.807) is 18.6 Å². The summed E-state index contributed by atoms with van der Waals surface area (Å²) in [6.07, 6.45) is 7.61. The van der Waals surface area contributed by atoms with Gasteiger partial charge in [0.05, 0.1) is 13.2 Å². The Morgan fingerprint density at radius 2 is 1.89 bits per heavy atom. The highest BCUT2D eigenvalue weighted by atomic mass is 16.5. The zero-order chi connectivity index (χ0) is 19.2. The van der Waals surface area contributed by atoms with E-state index in [0.29, 0.717) is 19.8 Å². The van der Waals surface area contributed by atoms with E-state index >= 15 is 0 Å². The van der Waals surface area contributed by atoms with Crippen molar-refractivity contribution < 1.29 is 9.53 Å². The van der Waals surface area contributed by atoms with Crippen molar-refractivity contribution in [1.29, 1.82) is 0 Å². The molecule has 0 radical (unpaired) electrons. The van der Waals surface area contributed by atoms with Crippen LogP contribution in [0.1, 0.15) is 30.0 Å². The van der Waals surface area contributed by atoms with Crippen molar-refractivity contribution in [2.24, 2.45) is 0 Å². The third kappa shape index (κ3) is 4.31. The van der Waals surface area contributed by atoms with E-state index in [2.05, 4.69) is 25.1 Å². The number of amides is 1. The third-order valence-corrected chi connectivity index (χ3v) is 5.39. The van der Waals surface area contributed by atoms with Crippen LogP contribution >= 0.6 is 0 Å². The molecule has 1 amide bonds. The van der Waals surface area contributed by atoms with Crippen molar-refractivity contribution in [2.75, 3.05) is 44.3 Å². The van der Waals surface area contributed by atoms with Crippen LogP contribution in [0.3, 0.4) is 0 Å². The molecule has 148 valence electrons. The molecule has 2 aliphatic heterocycles. The number of aromatic nitrogens is 2. The first-order valence-electron chi connectivity index (χ1n) is 10.0. The number of likely N-dealkylation sites (tertiary alicyclic amines) is 1. The van der Waals surface area contributed by atoms with E-state index in [-0.39, 0.29) is 11.9 Å². The first kappa shape index (κ1) is 18.8. The van der Waals surface area contributed by atoms with Crippen LogP contribution in [0.5, 0.6) is 0 Å². The van der Waals surface area contributed by atoms with E-state index in [1.807, 2.05) is 24.3 Å². The maximum Gasteiger partial charge on any atom is 0.242 e. The predicted molar refractivity (Wildman–Crippen MR) is 107 cm³/mol. The Morgan fingerprint density at radius 3 is 2.64 bits per heavy atom. The molecule has 4 heterocycles. The quantitative estimate of drug-likeness (QED) is 0.822. The molecule has 7 heteroatoms. The van der Waals surface area contributed by atoms with Gasteiger partial charge < -0.3 is 15.0 Å². The molecule has 28 heavy (non-hydrogen) atoms. The van der Waals surface area contributed by atoms with Crippen LogP contribution in [0.15, 0.2) is 42.9 Å². The van der Waals surface area contributed by atoms with E-state index in [1.165, 1.54) is 0 Å². The maximum atomic E-state index is 13.2. The molecule has 7 nitrogen and oxygen atoms in total. The summed E-state index contributed by atoms with van der Waals surface area (Å²) in [5, 5.41) is 3.15. The molecule has 4 rings (SSSR count). The number of nitrogens with zero attached hydrogens (tertiary/aromatic N) is 4. The summed E-state index contributed by atoms with van der Waals surface area (Å²) in [5.74, 6) is 0.955. The van der Waals surface area contributed by atoms with E-state index < -0.39 is 0 Å². The van der Waals surface area contributed by atoms with Gasteiger partial charge in [-0.25, -0.2) is 4.98 Å². The van der Waals surface area contributed by atoms with Crippen LogP contribution in [0, 0.1) is 0 Å². The molecule has 0 spiro atoms. The molecule has 2 saturated heterocycles. The molecule has 0 unspecified atom stereocenters. The number of anilines is 1. The minimum Gasteiger partial charge on any atom is -0.378 e. The number of hydrogen-bond donors (Lipinski definition) is 1. The van der Waals surface area contributed by atoms with E-state index in [9.17, 15) is 4.79 Å². The van der Waals surface area contributed by atoms with Crippen LogP contribution < -0.4 is 10.2 Å². The first-order chi connectivity index (χ1) is 13.8. The fourth-order valence-corrected chi connectivity index (χ4v) is 3.97. The molecule has 0 aromatic carbocycles. The number of pyridine rings is 2. The highest BCUT2D eigenvalue weighted by Crippen LogP contribution is 2.25. The highest BCUT2D eigenvalue weighted by Gasteiger charge is 2.30. The van der Waals surface area contributed by atoms with Crippen LogP contribution in [-0.4, -0.2) is 60.2 Å². The molecule has 1 N–H and O–H groups in total. The lowest BCUT2D eigenvalue weighted by Crippen LogP contribution is -2.40. The second kappa shape index (κ2) is 9.12. The van der Waals surface area contributed by atoms with Crippen molar-refractivity contribution in [3.05, 3.63) is 54.0 Å². The Bertz CT molecular complexity index is 773. The van der Waals surface area contributed by atoms with Crippen LogP contribution in [-0.2, 0) is 16.1 Å². The average Bonchev–Trinajstić information content (AvgIpc) is 3.28. The summed E-state index contributed by atoms with van der Waals surface area (Å²) in [4.78, 5) is 26.4. The Hall–Kier alpha value is -2.51. The molecule has 1 atom stereocenters. The lowest BCUT2D eigenvalue weighted by molar-refractivity contribution is -0.126. The van der Waals surface area contributed by atoms with E-state index in [4.69, 9.17) is 4.74 Å². The Balaban J connectivity index is 1.48. The zero-order valence-electron chi connectivity index (χ0n) is 16.1. The molecule has 0 aliphatic carbocycles. The van der Waals surface area contributed by atoms with Gasteiger partial charge in [-0.05, 0) is 43.6 Å².